The fourth-order valence-corrected chi connectivity index (χ4v) is 1.18. The van der Waals surface area contributed by atoms with Crippen molar-refractivity contribution in [3.05, 3.63) is 35.4 Å². The van der Waals surface area contributed by atoms with Crippen LogP contribution in [0.4, 0.5) is 22.0 Å². The third-order valence-electron chi connectivity index (χ3n) is 2.18. The van der Waals surface area contributed by atoms with Gasteiger partial charge in [0.05, 0.1) is 0 Å². The first-order valence-electron chi connectivity index (χ1n) is 4.53. The summed E-state index contributed by atoms with van der Waals surface area (Å²) in [6.07, 6.45) is -7.71. The molecule has 0 fully saturated rings. The van der Waals surface area contributed by atoms with E-state index in [1.807, 2.05) is 0 Å². The van der Waals surface area contributed by atoms with Gasteiger partial charge in [0.15, 0.2) is 6.10 Å². The Balaban J connectivity index is 3.07. The van der Waals surface area contributed by atoms with Crippen LogP contribution < -0.4 is 0 Å². The van der Waals surface area contributed by atoms with Crippen LogP contribution in [-0.4, -0.2) is 22.4 Å². The minimum Gasteiger partial charge on any atom is -0.479 e. The van der Waals surface area contributed by atoms with Gasteiger partial charge in [-0.05, 0) is 5.56 Å². The Bertz CT molecular complexity index is 438. The summed E-state index contributed by atoms with van der Waals surface area (Å²) in [6, 6.07) is 2.26. The van der Waals surface area contributed by atoms with E-state index in [9.17, 15) is 26.7 Å². The molecule has 0 spiro atoms. The molecule has 0 aliphatic heterocycles. The molecule has 0 amide bonds. The molecule has 18 heavy (non-hydrogen) atoms. The number of halogens is 5. The normalized spacial score (nSPS) is 14.3. The summed E-state index contributed by atoms with van der Waals surface area (Å²) in [5.74, 6) is -6.66. The van der Waals surface area contributed by atoms with Crippen molar-refractivity contribution in [3.63, 3.8) is 0 Å². The van der Waals surface area contributed by atoms with Gasteiger partial charge in [-0.1, -0.05) is 24.3 Å². The molecule has 1 aromatic rings. The molecular weight excluding hydrogens is 263 g/mol. The number of carboxylic acid groups (broad SMARTS) is 1. The van der Waals surface area contributed by atoms with Crippen LogP contribution in [0.3, 0.4) is 0 Å². The summed E-state index contributed by atoms with van der Waals surface area (Å²) in [4.78, 5) is 10.4. The van der Waals surface area contributed by atoms with Crippen molar-refractivity contribution in [3.8, 4) is 0 Å². The summed E-state index contributed by atoms with van der Waals surface area (Å²) in [5, 5.41) is 17.5. The van der Waals surface area contributed by atoms with E-state index in [0.717, 1.165) is 0 Å². The summed E-state index contributed by atoms with van der Waals surface area (Å²) < 4.78 is 61.7. The van der Waals surface area contributed by atoms with Crippen LogP contribution in [0.25, 0.3) is 0 Å². The average Bonchev–Trinajstić information content (AvgIpc) is 2.26. The fourth-order valence-electron chi connectivity index (χ4n) is 1.18. The Kier molecular flexibility index (Phi) is 3.61. The third-order valence-corrected chi connectivity index (χ3v) is 2.18. The second-order valence-corrected chi connectivity index (χ2v) is 3.43. The zero-order chi connectivity index (χ0) is 14.1. The van der Waals surface area contributed by atoms with E-state index in [-0.39, 0.29) is 5.56 Å². The van der Waals surface area contributed by atoms with Gasteiger partial charge in [0.2, 0.25) is 0 Å². The van der Waals surface area contributed by atoms with Gasteiger partial charge in [-0.3, -0.25) is 0 Å². The van der Waals surface area contributed by atoms with Gasteiger partial charge >= 0.3 is 18.1 Å². The first kappa shape index (κ1) is 14.4. The van der Waals surface area contributed by atoms with Gasteiger partial charge < -0.3 is 10.2 Å². The van der Waals surface area contributed by atoms with Crippen LogP contribution in [-0.2, 0) is 10.7 Å². The molecule has 3 nitrogen and oxygen atoms in total. The number of carbonyl (C=O) groups is 1. The van der Waals surface area contributed by atoms with E-state index in [1.54, 1.807) is 0 Å². The van der Waals surface area contributed by atoms with E-state index in [0.29, 0.717) is 24.3 Å². The average molecular weight is 270 g/mol. The lowest BCUT2D eigenvalue weighted by Gasteiger charge is -2.20. The lowest BCUT2D eigenvalue weighted by Crippen LogP contribution is -2.33. The number of aliphatic carboxylic acids is 1. The van der Waals surface area contributed by atoms with Gasteiger partial charge in [0.1, 0.15) is 0 Å². The number of aliphatic hydroxyl groups is 1. The lowest BCUT2D eigenvalue weighted by molar-refractivity contribution is -0.289. The molecule has 0 aromatic heterocycles. The Morgan fingerprint density at radius 1 is 1.06 bits per heavy atom. The predicted octanol–water partition coefficient (Wildman–Crippen LogP) is 2.46. The summed E-state index contributed by atoms with van der Waals surface area (Å²) >= 11 is 0. The Morgan fingerprint density at radius 3 is 1.83 bits per heavy atom. The molecule has 1 atom stereocenters. The molecule has 0 saturated carbocycles. The number of benzene rings is 1. The second kappa shape index (κ2) is 4.52. The second-order valence-electron chi connectivity index (χ2n) is 3.43. The van der Waals surface area contributed by atoms with E-state index < -0.39 is 29.7 Å². The molecule has 0 saturated heterocycles. The highest BCUT2D eigenvalue weighted by Gasteiger charge is 2.58. The Morgan fingerprint density at radius 2 is 1.50 bits per heavy atom. The van der Waals surface area contributed by atoms with Crippen molar-refractivity contribution in [2.75, 3.05) is 0 Å². The van der Waals surface area contributed by atoms with Gasteiger partial charge in [0, 0.05) is 5.56 Å². The van der Waals surface area contributed by atoms with Crippen molar-refractivity contribution < 1.29 is 37.0 Å². The van der Waals surface area contributed by atoms with Crippen LogP contribution in [0.2, 0.25) is 0 Å². The topological polar surface area (TPSA) is 57.5 Å². The van der Waals surface area contributed by atoms with E-state index >= 15 is 0 Å². The predicted molar refractivity (Wildman–Crippen MR) is 49.0 cm³/mol. The third kappa shape index (κ3) is 2.58. The van der Waals surface area contributed by atoms with Gasteiger partial charge in [-0.2, -0.15) is 22.0 Å². The molecule has 1 unspecified atom stereocenters. The number of carboxylic acids is 1. The monoisotopic (exact) mass is 270 g/mol. The van der Waals surface area contributed by atoms with Crippen molar-refractivity contribution in [1.82, 2.24) is 0 Å². The lowest BCUT2D eigenvalue weighted by atomic mass is 10.0. The van der Waals surface area contributed by atoms with E-state index in [4.69, 9.17) is 10.2 Å². The summed E-state index contributed by atoms with van der Waals surface area (Å²) in [6.45, 7) is 0. The standard InChI is InChI=1S/C10H7F5O3/c11-9(12,10(13,14)15)6-3-1-5(2-4-6)7(16)8(17)18/h1-4,7,16H,(H,17,18). The zero-order valence-electron chi connectivity index (χ0n) is 8.58. The molecule has 100 valence electrons. The maximum absolute atomic E-state index is 12.9. The highest BCUT2D eigenvalue weighted by Crippen LogP contribution is 2.43. The first-order valence-corrected chi connectivity index (χ1v) is 4.53. The van der Waals surface area contributed by atoms with Gasteiger partial charge in [0.25, 0.3) is 0 Å². The summed E-state index contributed by atoms with van der Waals surface area (Å²) in [5.41, 5.74) is -1.61. The van der Waals surface area contributed by atoms with E-state index in [1.165, 1.54) is 0 Å². The maximum Gasteiger partial charge on any atom is 0.458 e. The Labute approximate surface area is 97.5 Å². The molecular formula is C10H7F5O3. The van der Waals surface area contributed by atoms with Crippen LogP contribution in [0.1, 0.15) is 17.2 Å². The molecule has 1 aromatic carbocycles. The van der Waals surface area contributed by atoms with Gasteiger partial charge in [-0.15, -0.1) is 0 Å². The fraction of sp³-hybridized carbons (Fsp3) is 0.300. The molecule has 0 radical (unpaired) electrons. The van der Waals surface area contributed by atoms with E-state index in [2.05, 4.69) is 0 Å². The number of alkyl halides is 5. The SMILES string of the molecule is O=C(O)C(O)c1ccc(C(F)(F)C(F)(F)F)cc1. The largest absolute Gasteiger partial charge is 0.479 e. The molecule has 8 heteroatoms. The summed E-state index contributed by atoms with van der Waals surface area (Å²) in [7, 11) is 0. The highest BCUT2D eigenvalue weighted by atomic mass is 19.4. The smallest absolute Gasteiger partial charge is 0.458 e. The van der Waals surface area contributed by atoms with Crippen LogP contribution >= 0.6 is 0 Å². The quantitative estimate of drug-likeness (QED) is 0.829. The van der Waals surface area contributed by atoms with Crippen molar-refractivity contribution in [1.29, 1.82) is 0 Å². The molecule has 0 bridgehead atoms. The number of rotatable bonds is 3. The van der Waals surface area contributed by atoms with Crippen molar-refractivity contribution >= 4 is 5.97 Å². The maximum atomic E-state index is 12.9. The van der Waals surface area contributed by atoms with Crippen molar-refractivity contribution in [2.45, 2.75) is 18.2 Å². The highest BCUT2D eigenvalue weighted by molar-refractivity contribution is 5.73. The van der Waals surface area contributed by atoms with Crippen molar-refractivity contribution in [2.24, 2.45) is 0 Å². The minimum atomic E-state index is -5.74. The zero-order valence-corrected chi connectivity index (χ0v) is 8.58. The molecule has 0 aliphatic rings. The number of hydrogen-bond donors (Lipinski definition) is 2. The van der Waals surface area contributed by atoms with Crippen LogP contribution in [0.15, 0.2) is 24.3 Å². The van der Waals surface area contributed by atoms with Crippen LogP contribution in [0.5, 0.6) is 0 Å². The molecule has 0 aliphatic carbocycles. The molecule has 2 N–H and O–H groups in total. The first-order chi connectivity index (χ1) is 8.07. The number of aliphatic hydroxyl groups excluding tert-OH is 1. The molecule has 1 rings (SSSR count). The van der Waals surface area contributed by atoms with Crippen LogP contribution in [0, 0.1) is 0 Å². The number of hydrogen-bond acceptors (Lipinski definition) is 2. The Hall–Kier alpha value is -1.70. The molecule has 0 heterocycles. The van der Waals surface area contributed by atoms with Gasteiger partial charge in [-0.25, -0.2) is 4.79 Å². The minimum absolute atomic E-state index is 0.288.